The van der Waals surface area contributed by atoms with Crippen molar-refractivity contribution in [3.05, 3.63) is 47.2 Å². The van der Waals surface area contributed by atoms with Crippen LogP contribution in [-0.2, 0) is 0 Å². The summed E-state index contributed by atoms with van der Waals surface area (Å²) in [6.07, 6.45) is 0. The van der Waals surface area contributed by atoms with Crippen molar-refractivity contribution in [1.29, 1.82) is 0 Å². The number of hydrogen-bond acceptors (Lipinski definition) is 2. The van der Waals surface area contributed by atoms with E-state index in [0.29, 0.717) is 20.6 Å². The van der Waals surface area contributed by atoms with E-state index < -0.39 is 0 Å². The molecule has 0 bridgehead atoms. The summed E-state index contributed by atoms with van der Waals surface area (Å²) in [7, 11) is 0. The lowest BCUT2D eigenvalue weighted by molar-refractivity contribution is 0.103. The lowest BCUT2D eigenvalue weighted by Gasteiger charge is -2.08. The number of carbonyl (C=O) groups is 1. The van der Waals surface area contributed by atoms with Crippen molar-refractivity contribution in [2.75, 3.05) is 5.32 Å². The Morgan fingerprint density at radius 3 is 2.47 bits per heavy atom. The third-order valence-corrected chi connectivity index (χ3v) is 6.25. The second-order valence-electron chi connectivity index (χ2n) is 3.77. The van der Waals surface area contributed by atoms with E-state index >= 15 is 0 Å². The smallest absolute Gasteiger partial charge is 0.265 e. The van der Waals surface area contributed by atoms with Crippen molar-refractivity contribution >= 4 is 70.7 Å². The summed E-state index contributed by atoms with van der Waals surface area (Å²) in [6.45, 7) is 1.74. The SMILES string of the molecule is Cc1cc(F)c(Br)cc1NC(=O)c1cc(Br)c(Br)s1. The largest absolute Gasteiger partial charge is 0.321 e. The van der Waals surface area contributed by atoms with Crippen LogP contribution < -0.4 is 5.32 Å². The zero-order valence-electron chi connectivity index (χ0n) is 9.56. The first-order valence-corrected chi connectivity index (χ1v) is 8.30. The fourth-order valence-electron chi connectivity index (χ4n) is 1.42. The Balaban J connectivity index is 2.26. The minimum Gasteiger partial charge on any atom is -0.321 e. The molecule has 0 unspecified atom stereocenters. The molecule has 0 saturated carbocycles. The maximum absolute atomic E-state index is 13.3. The molecule has 1 aromatic carbocycles. The normalized spacial score (nSPS) is 10.6. The van der Waals surface area contributed by atoms with Gasteiger partial charge in [-0.15, -0.1) is 11.3 Å². The molecule has 0 atom stereocenters. The Labute approximate surface area is 138 Å². The van der Waals surface area contributed by atoms with Crippen LogP contribution in [0, 0.1) is 12.7 Å². The van der Waals surface area contributed by atoms with E-state index in [4.69, 9.17) is 0 Å². The van der Waals surface area contributed by atoms with E-state index in [0.717, 1.165) is 8.26 Å². The third kappa shape index (κ3) is 3.45. The highest BCUT2D eigenvalue weighted by Crippen LogP contribution is 2.33. The molecule has 1 N–H and O–H groups in total. The topological polar surface area (TPSA) is 29.1 Å². The van der Waals surface area contributed by atoms with E-state index in [9.17, 15) is 9.18 Å². The van der Waals surface area contributed by atoms with Crippen LogP contribution in [0.1, 0.15) is 15.2 Å². The molecule has 0 fully saturated rings. The number of rotatable bonds is 2. The molecule has 100 valence electrons. The van der Waals surface area contributed by atoms with Crippen molar-refractivity contribution in [3.63, 3.8) is 0 Å². The first kappa shape index (κ1) is 15.2. The highest BCUT2D eigenvalue weighted by molar-refractivity contribution is 9.13. The fourth-order valence-corrected chi connectivity index (χ4v) is 3.70. The predicted molar refractivity (Wildman–Crippen MR) is 86.5 cm³/mol. The fraction of sp³-hybridized carbons (Fsp3) is 0.0833. The summed E-state index contributed by atoms with van der Waals surface area (Å²) < 4.78 is 15.3. The first-order valence-electron chi connectivity index (χ1n) is 5.10. The van der Waals surface area contributed by atoms with Crippen molar-refractivity contribution in [2.24, 2.45) is 0 Å². The van der Waals surface area contributed by atoms with Gasteiger partial charge in [-0.05, 0) is 78.5 Å². The Morgan fingerprint density at radius 2 is 1.89 bits per heavy atom. The van der Waals surface area contributed by atoms with Gasteiger partial charge in [-0.2, -0.15) is 0 Å². The van der Waals surface area contributed by atoms with Crippen LogP contribution in [-0.4, -0.2) is 5.91 Å². The molecule has 1 heterocycles. The Hall–Kier alpha value is -0.240. The van der Waals surface area contributed by atoms with Crippen LogP contribution >= 0.6 is 59.1 Å². The summed E-state index contributed by atoms with van der Waals surface area (Å²) in [6, 6.07) is 4.66. The first-order chi connectivity index (χ1) is 8.88. The van der Waals surface area contributed by atoms with E-state index in [1.54, 1.807) is 19.1 Å². The lowest BCUT2D eigenvalue weighted by atomic mass is 10.2. The quantitative estimate of drug-likeness (QED) is 0.595. The number of nitrogens with one attached hydrogen (secondary N) is 1. The highest BCUT2D eigenvalue weighted by atomic mass is 79.9. The van der Waals surface area contributed by atoms with Gasteiger partial charge < -0.3 is 5.32 Å². The summed E-state index contributed by atoms with van der Waals surface area (Å²) in [5.41, 5.74) is 1.25. The monoisotopic (exact) mass is 469 g/mol. The molecule has 0 spiro atoms. The van der Waals surface area contributed by atoms with Gasteiger partial charge in [0.15, 0.2) is 0 Å². The molecule has 2 aromatic rings. The molecule has 7 heteroatoms. The standard InChI is InChI=1S/C12H7Br3FNOS/c1-5-2-8(16)6(13)3-9(5)17-12(18)10-4-7(14)11(15)19-10/h2-4H,1H3,(H,17,18). The molecule has 0 radical (unpaired) electrons. The number of thiophene rings is 1. The van der Waals surface area contributed by atoms with Crippen LogP contribution in [0.2, 0.25) is 0 Å². The maximum atomic E-state index is 13.3. The van der Waals surface area contributed by atoms with Gasteiger partial charge in [0.1, 0.15) is 5.82 Å². The second-order valence-corrected chi connectivity index (χ2v) is 7.85. The number of hydrogen-bond donors (Lipinski definition) is 1. The molecular formula is C12H7Br3FNOS. The Kier molecular flexibility index (Phi) is 4.81. The minimum absolute atomic E-state index is 0.224. The molecule has 1 amide bonds. The van der Waals surface area contributed by atoms with Crippen molar-refractivity contribution < 1.29 is 9.18 Å². The predicted octanol–water partition coefficient (Wildman–Crippen LogP) is 5.74. The molecule has 0 aliphatic heterocycles. The summed E-state index contributed by atoms with van der Waals surface area (Å²) in [5.74, 6) is -0.574. The van der Waals surface area contributed by atoms with Crippen LogP contribution in [0.5, 0.6) is 0 Å². The van der Waals surface area contributed by atoms with Crippen molar-refractivity contribution in [2.45, 2.75) is 6.92 Å². The minimum atomic E-state index is -0.350. The Bertz CT molecular complexity index is 637. The molecule has 0 aliphatic carbocycles. The molecule has 0 aliphatic rings. The van der Waals surface area contributed by atoms with Crippen molar-refractivity contribution in [3.8, 4) is 0 Å². The van der Waals surface area contributed by atoms with Gasteiger partial charge in [-0.3, -0.25) is 4.79 Å². The van der Waals surface area contributed by atoms with Gasteiger partial charge in [-0.1, -0.05) is 0 Å². The zero-order chi connectivity index (χ0) is 14.2. The summed E-state index contributed by atoms with van der Waals surface area (Å²) in [5, 5.41) is 2.77. The number of aryl methyl sites for hydroxylation is 1. The maximum Gasteiger partial charge on any atom is 0.265 e. The van der Waals surface area contributed by atoms with Crippen LogP contribution in [0.25, 0.3) is 0 Å². The van der Waals surface area contributed by atoms with E-state index in [2.05, 4.69) is 53.1 Å². The third-order valence-electron chi connectivity index (χ3n) is 2.38. The number of halogens is 4. The van der Waals surface area contributed by atoms with Gasteiger partial charge in [0.2, 0.25) is 0 Å². The number of anilines is 1. The van der Waals surface area contributed by atoms with Gasteiger partial charge in [0.25, 0.3) is 5.91 Å². The van der Waals surface area contributed by atoms with Crippen LogP contribution in [0.3, 0.4) is 0 Å². The van der Waals surface area contributed by atoms with Crippen molar-refractivity contribution in [1.82, 2.24) is 0 Å². The molecular weight excluding hydrogens is 465 g/mol. The average molecular weight is 472 g/mol. The van der Waals surface area contributed by atoms with Gasteiger partial charge in [0, 0.05) is 10.2 Å². The summed E-state index contributed by atoms with van der Waals surface area (Å²) >= 11 is 11.1. The van der Waals surface area contributed by atoms with Crippen LogP contribution in [0.4, 0.5) is 10.1 Å². The number of benzene rings is 1. The zero-order valence-corrected chi connectivity index (χ0v) is 15.1. The molecule has 19 heavy (non-hydrogen) atoms. The lowest BCUT2D eigenvalue weighted by Crippen LogP contribution is -2.11. The van der Waals surface area contributed by atoms with Gasteiger partial charge in [0.05, 0.1) is 13.1 Å². The molecule has 2 rings (SSSR count). The number of carbonyl (C=O) groups excluding carboxylic acids is 1. The number of amides is 1. The molecule has 0 saturated heterocycles. The molecule has 2 nitrogen and oxygen atoms in total. The van der Waals surface area contributed by atoms with Crippen LogP contribution in [0.15, 0.2) is 30.9 Å². The van der Waals surface area contributed by atoms with Gasteiger partial charge in [-0.25, -0.2) is 4.39 Å². The average Bonchev–Trinajstić information content (AvgIpc) is 2.67. The van der Waals surface area contributed by atoms with E-state index in [1.807, 2.05) is 0 Å². The van der Waals surface area contributed by atoms with Gasteiger partial charge >= 0.3 is 0 Å². The second kappa shape index (κ2) is 6.03. The van der Waals surface area contributed by atoms with E-state index in [-0.39, 0.29) is 11.7 Å². The Morgan fingerprint density at radius 1 is 1.21 bits per heavy atom. The highest BCUT2D eigenvalue weighted by Gasteiger charge is 2.14. The van der Waals surface area contributed by atoms with E-state index in [1.165, 1.54) is 17.4 Å². The molecule has 1 aromatic heterocycles. The summed E-state index contributed by atoms with van der Waals surface area (Å²) in [4.78, 5) is 12.6.